The Kier molecular flexibility index (Phi) is 4.13. The van der Waals surface area contributed by atoms with Crippen LogP contribution in [0.4, 0.5) is 0 Å². The van der Waals surface area contributed by atoms with Crippen LogP contribution < -0.4 is 10.0 Å². The van der Waals surface area contributed by atoms with Gasteiger partial charge in [0.25, 0.3) is 5.91 Å². The molecule has 1 aromatic heterocycles. The Morgan fingerprint density at radius 2 is 1.89 bits per heavy atom. The van der Waals surface area contributed by atoms with Crippen molar-refractivity contribution in [3.63, 3.8) is 0 Å². The number of hydrogen-bond acceptors (Lipinski definition) is 2. The summed E-state index contributed by atoms with van der Waals surface area (Å²) in [6.45, 7) is 2.64. The highest BCUT2D eigenvalue weighted by Gasteiger charge is 2.06. The lowest BCUT2D eigenvalue weighted by atomic mass is 10.1. The normalized spacial score (nSPS) is 10.2. The van der Waals surface area contributed by atoms with Crippen molar-refractivity contribution in [2.75, 3.05) is 6.54 Å². The van der Waals surface area contributed by atoms with Crippen LogP contribution in [-0.4, -0.2) is 12.5 Å². The van der Waals surface area contributed by atoms with E-state index in [1.807, 2.05) is 12.1 Å². The molecular formula is C15H16N2O2. The second-order valence-electron chi connectivity index (χ2n) is 4.38. The van der Waals surface area contributed by atoms with E-state index in [0.29, 0.717) is 16.8 Å². The number of aromatic nitrogens is 1. The quantitative estimate of drug-likeness (QED) is 0.667. The molecule has 0 saturated heterocycles. The fourth-order valence-corrected chi connectivity index (χ4v) is 1.87. The molecule has 1 aromatic carbocycles. The van der Waals surface area contributed by atoms with E-state index < -0.39 is 0 Å². The summed E-state index contributed by atoms with van der Waals surface area (Å²) in [4.78, 5) is 11.8. The van der Waals surface area contributed by atoms with Gasteiger partial charge in [-0.3, -0.25) is 4.79 Å². The topological polar surface area (TPSA) is 56.0 Å². The maximum atomic E-state index is 11.8. The fraction of sp³-hybridized carbons (Fsp3) is 0.200. The molecule has 98 valence electrons. The molecule has 0 saturated carbocycles. The van der Waals surface area contributed by atoms with Crippen LogP contribution in [0.1, 0.15) is 21.5 Å². The summed E-state index contributed by atoms with van der Waals surface area (Å²) >= 11 is 0. The van der Waals surface area contributed by atoms with Crippen molar-refractivity contribution < 1.29 is 9.52 Å². The Hall–Kier alpha value is -2.36. The fourth-order valence-electron chi connectivity index (χ4n) is 1.87. The van der Waals surface area contributed by atoms with E-state index in [1.54, 1.807) is 0 Å². The average Bonchev–Trinajstić information content (AvgIpc) is 2.41. The Morgan fingerprint density at radius 1 is 1.21 bits per heavy atom. The molecule has 0 aliphatic rings. The van der Waals surface area contributed by atoms with Gasteiger partial charge in [-0.15, -0.1) is 0 Å². The Balaban J connectivity index is 1.88. The van der Waals surface area contributed by atoms with Gasteiger partial charge in [-0.1, -0.05) is 24.3 Å². The first-order chi connectivity index (χ1) is 9.16. The van der Waals surface area contributed by atoms with Crippen molar-refractivity contribution in [3.8, 4) is 0 Å². The summed E-state index contributed by atoms with van der Waals surface area (Å²) in [7, 11) is 0. The average molecular weight is 256 g/mol. The molecule has 0 unspecified atom stereocenters. The highest BCUT2D eigenvalue weighted by Crippen LogP contribution is 2.07. The summed E-state index contributed by atoms with van der Waals surface area (Å²) in [5.41, 5.74) is 2.95. The van der Waals surface area contributed by atoms with Gasteiger partial charge in [-0.2, -0.15) is 4.73 Å². The van der Waals surface area contributed by atoms with Crippen LogP contribution in [0.25, 0.3) is 0 Å². The number of amides is 1. The van der Waals surface area contributed by atoms with Gasteiger partial charge in [-0.25, -0.2) is 0 Å². The summed E-state index contributed by atoms with van der Waals surface area (Å²) in [5, 5.41) is 13.7. The molecular weight excluding hydrogens is 240 g/mol. The van der Waals surface area contributed by atoms with E-state index in [9.17, 15) is 10.0 Å². The largest absolute Gasteiger partial charge is 0.619 e. The molecule has 0 aliphatic heterocycles. The minimum absolute atomic E-state index is 0.158. The van der Waals surface area contributed by atoms with Crippen molar-refractivity contribution in [3.05, 3.63) is 70.7 Å². The third-order valence-electron chi connectivity index (χ3n) is 3.01. The van der Waals surface area contributed by atoms with E-state index in [4.69, 9.17) is 0 Å². The van der Waals surface area contributed by atoms with Crippen LogP contribution >= 0.6 is 0 Å². The van der Waals surface area contributed by atoms with Gasteiger partial charge in [0, 0.05) is 18.7 Å². The molecule has 0 fully saturated rings. The highest BCUT2D eigenvalue weighted by atomic mass is 16.5. The third kappa shape index (κ3) is 3.55. The van der Waals surface area contributed by atoms with Gasteiger partial charge < -0.3 is 10.5 Å². The van der Waals surface area contributed by atoms with Crippen LogP contribution in [0.5, 0.6) is 0 Å². The molecule has 4 nitrogen and oxygen atoms in total. The molecule has 1 heterocycles. The number of carbonyl (C=O) groups excluding carboxylic acids is 1. The number of nitrogens with one attached hydrogen (secondary N) is 1. The molecule has 0 radical (unpaired) electrons. The van der Waals surface area contributed by atoms with Crippen molar-refractivity contribution in [2.45, 2.75) is 13.3 Å². The zero-order valence-corrected chi connectivity index (χ0v) is 10.8. The number of hydrogen-bond donors (Lipinski definition) is 1. The molecule has 0 atom stereocenters. The second-order valence-corrected chi connectivity index (χ2v) is 4.38. The number of nitrogens with zero attached hydrogens (tertiary/aromatic N) is 1. The van der Waals surface area contributed by atoms with Gasteiger partial charge in [0.15, 0.2) is 12.4 Å². The molecule has 4 heteroatoms. The number of rotatable bonds is 4. The molecule has 0 bridgehead atoms. The molecule has 19 heavy (non-hydrogen) atoms. The predicted octanol–water partition coefficient (Wildman–Crippen LogP) is 1.60. The van der Waals surface area contributed by atoms with Crippen molar-refractivity contribution in [2.24, 2.45) is 0 Å². The van der Waals surface area contributed by atoms with Crippen LogP contribution in [0, 0.1) is 12.1 Å². The summed E-state index contributed by atoms with van der Waals surface area (Å²) in [5.74, 6) is -0.158. The summed E-state index contributed by atoms with van der Waals surface area (Å²) in [6, 6.07) is 11.1. The molecule has 1 N–H and O–H groups in total. The highest BCUT2D eigenvalue weighted by molar-refractivity contribution is 5.93. The minimum Gasteiger partial charge on any atom is -0.619 e. The number of pyridine rings is 1. The lowest BCUT2D eigenvalue weighted by Gasteiger charge is -2.07. The Morgan fingerprint density at radius 3 is 2.58 bits per heavy atom. The van der Waals surface area contributed by atoms with E-state index in [-0.39, 0.29) is 5.91 Å². The van der Waals surface area contributed by atoms with E-state index in [0.717, 1.165) is 6.42 Å². The van der Waals surface area contributed by atoms with Gasteiger partial charge in [0.05, 0.1) is 5.56 Å². The SMILES string of the molecule is Cc1ccccc1CCNC(=O)c1cc[n+]([O-])cc1. The molecule has 2 rings (SSSR count). The van der Waals surface area contributed by atoms with Crippen molar-refractivity contribution >= 4 is 5.91 Å². The molecule has 2 aromatic rings. The van der Waals surface area contributed by atoms with Gasteiger partial charge in [0.2, 0.25) is 0 Å². The first kappa shape index (κ1) is 13.1. The predicted molar refractivity (Wildman–Crippen MR) is 72.6 cm³/mol. The molecule has 1 amide bonds. The summed E-state index contributed by atoms with van der Waals surface area (Å²) < 4.78 is 0.657. The van der Waals surface area contributed by atoms with Crippen LogP contribution in [0.15, 0.2) is 48.8 Å². The third-order valence-corrected chi connectivity index (χ3v) is 3.01. The van der Waals surface area contributed by atoms with Crippen LogP contribution in [0.2, 0.25) is 0 Å². The van der Waals surface area contributed by atoms with Crippen LogP contribution in [-0.2, 0) is 6.42 Å². The van der Waals surface area contributed by atoms with Gasteiger partial charge in [-0.05, 0) is 24.5 Å². The van der Waals surface area contributed by atoms with Gasteiger partial charge in [0.1, 0.15) is 0 Å². The van der Waals surface area contributed by atoms with Crippen LogP contribution in [0.3, 0.4) is 0 Å². The zero-order valence-electron chi connectivity index (χ0n) is 10.8. The Labute approximate surface area is 112 Å². The van der Waals surface area contributed by atoms with Crippen molar-refractivity contribution in [1.82, 2.24) is 5.32 Å². The number of carbonyl (C=O) groups is 1. The molecule has 0 spiro atoms. The van der Waals surface area contributed by atoms with Gasteiger partial charge >= 0.3 is 0 Å². The lowest BCUT2D eigenvalue weighted by Crippen LogP contribution is -2.28. The minimum atomic E-state index is -0.158. The van der Waals surface area contributed by atoms with E-state index >= 15 is 0 Å². The summed E-state index contributed by atoms with van der Waals surface area (Å²) in [6.07, 6.45) is 3.43. The number of aryl methyl sites for hydroxylation is 1. The maximum Gasteiger partial charge on any atom is 0.251 e. The first-order valence-corrected chi connectivity index (χ1v) is 6.18. The maximum absolute atomic E-state index is 11.8. The lowest BCUT2D eigenvalue weighted by molar-refractivity contribution is -0.605. The van der Waals surface area contributed by atoms with Crippen molar-refractivity contribution in [1.29, 1.82) is 0 Å². The molecule has 0 aliphatic carbocycles. The second kappa shape index (κ2) is 6.00. The van der Waals surface area contributed by atoms with E-state index in [1.165, 1.54) is 35.7 Å². The standard InChI is InChI=1S/C15H16N2O2/c1-12-4-2-3-5-13(12)6-9-16-15(18)14-7-10-17(19)11-8-14/h2-5,7-8,10-11H,6,9H2,1H3,(H,16,18). The number of benzene rings is 1. The smallest absolute Gasteiger partial charge is 0.251 e. The zero-order chi connectivity index (χ0) is 13.7. The van der Waals surface area contributed by atoms with E-state index in [2.05, 4.69) is 24.4 Å². The monoisotopic (exact) mass is 256 g/mol. The Bertz CT molecular complexity index is 565. The first-order valence-electron chi connectivity index (χ1n) is 6.18.